The van der Waals surface area contributed by atoms with Crippen LogP contribution in [0.4, 0.5) is 5.00 Å². The number of rotatable bonds is 4. The van der Waals surface area contributed by atoms with E-state index < -0.39 is 21.7 Å². The molecule has 152 valence electrons. The number of esters is 1. The van der Waals surface area contributed by atoms with Gasteiger partial charge in [-0.1, -0.05) is 11.6 Å². The number of amides is 1. The van der Waals surface area contributed by atoms with Gasteiger partial charge in [-0.3, -0.25) is 4.79 Å². The minimum absolute atomic E-state index is 0.0408. The van der Waals surface area contributed by atoms with Gasteiger partial charge in [0.15, 0.2) is 15.6 Å². The average molecular weight is 454 g/mol. The van der Waals surface area contributed by atoms with Gasteiger partial charge in [-0.05, 0) is 43.2 Å². The Balaban J connectivity index is 1.70. The summed E-state index contributed by atoms with van der Waals surface area (Å²) in [6, 6.07) is 6.55. The van der Waals surface area contributed by atoms with Crippen LogP contribution in [0, 0.1) is 0 Å². The number of hydrogen-bond acceptors (Lipinski definition) is 7. The van der Waals surface area contributed by atoms with Gasteiger partial charge in [0.05, 0.1) is 23.7 Å². The van der Waals surface area contributed by atoms with Crippen molar-refractivity contribution in [2.75, 3.05) is 17.7 Å². The second-order valence-corrected chi connectivity index (χ2v) is 10.2. The number of carbonyl (C=O) groups excluding carboxylic acids is 2. The Morgan fingerprint density at radius 1 is 1.31 bits per heavy atom. The molecule has 3 aromatic rings. The quantitative estimate of drug-likeness (QED) is 0.598. The fourth-order valence-corrected chi connectivity index (χ4v) is 6.43. The molecule has 4 rings (SSSR count). The predicted molar refractivity (Wildman–Crippen MR) is 111 cm³/mol. The number of fused-ring (bicyclic) bond motifs is 2. The Morgan fingerprint density at radius 2 is 2.10 bits per heavy atom. The summed E-state index contributed by atoms with van der Waals surface area (Å²) in [6.45, 7) is 1.85. The van der Waals surface area contributed by atoms with Crippen LogP contribution in [0.5, 0.6) is 0 Å². The van der Waals surface area contributed by atoms with E-state index >= 15 is 0 Å². The van der Waals surface area contributed by atoms with Crippen LogP contribution < -0.4 is 5.32 Å². The van der Waals surface area contributed by atoms with Crippen LogP contribution in [-0.2, 0) is 26.7 Å². The highest BCUT2D eigenvalue weighted by Gasteiger charge is 2.32. The van der Waals surface area contributed by atoms with Gasteiger partial charge in [0.25, 0.3) is 5.91 Å². The van der Waals surface area contributed by atoms with E-state index in [4.69, 9.17) is 20.8 Å². The van der Waals surface area contributed by atoms with Gasteiger partial charge in [-0.25, -0.2) is 13.2 Å². The van der Waals surface area contributed by atoms with Crippen molar-refractivity contribution in [2.24, 2.45) is 0 Å². The van der Waals surface area contributed by atoms with Gasteiger partial charge in [-0.15, -0.1) is 11.3 Å². The van der Waals surface area contributed by atoms with Gasteiger partial charge >= 0.3 is 5.97 Å². The summed E-state index contributed by atoms with van der Waals surface area (Å²) in [4.78, 5) is 25.8. The molecule has 0 atom stereocenters. The van der Waals surface area contributed by atoms with Crippen molar-refractivity contribution in [3.63, 3.8) is 0 Å². The van der Waals surface area contributed by atoms with Gasteiger partial charge in [0.2, 0.25) is 0 Å². The van der Waals surface area contributed by atoms with E-state index in [1.165, 1.54) is 0 Å². The molecule has 0 unspecified atom stereocenters. The first kappa shape index (κ1) is 19.9. The molecule has 0 saturated heterocycles. The largest absolute Gasteiger partial charge is 0.462 e. The fourth-order valence-electron chi connectivity index (χ4n) is 3.22. The average Bonchev–Trinajstić information content (AvgIpc) is 3.21. The highest BCUT2D eigenvalue weighted by molar-refractivity contribution is 7.90. The Bertz CT molecular complexity index is 1240. The normalized spacial score (nSPS) is 15.1. The number of thiophene rings is 1. The zero-order valence-corrected chi connectivity index (χ0v) is 17.7. The zero-order chi connectivity index (χ0) is 20.8. The third-order valence-electron chi connectivity index (χ3n) is 4.51. The Hall–Kier alpha value is -2.36. The maximum Gasteiger partial charge on any atom is 0.341 e. The van der Waals surface area contributed by atoms with Crippen molar-refractivity contribution in [1.82, 2.24) is 0 Å². The lowest BCUT2D eigenvalue weighted by Crippen LogP contribution is -2.20. The fraction of sp³-hybridized carbons (Fsp3) is 0.263. The Kier molecular flexibility index (Phi) is 5.14. The summed E-state index contributed by atoms with van der Waals surface area (Å²) in [6.07, 6.45) is 0.210. The molecule has 10 heteroatoms. The van der Waals surface area contributed by atoms with Gasteiger partial charge < -0.3 is 14.5 Å². The topological polar surface area (TPSA) is 103 Å². The molecular formula is C19H16ClNO6S2. The predicted octanol–water partition coefficient (Wildman–Crippen LogP) is 4.05. The smallest absolute Gasteiger partial charge is 0.341 e. The molecule has 7 nitrogen and oxygen atoms in total. The highest BCUT2D eigenvalue weighted by atomic mass is 35.5. The molecule has 0 aliphatic carbocycles. The van der Waals surface area contributed by atoms with E-state index in [2.05, 4.69) is 5.32 Å². The van der Waals surface area contributed by atoms with Gasteiger partial charge in [-0.2, -0.15) is 0 Å². The van der Waals surface area contributed by atoms with Crippen molar-refractivity contribution in [3.05, 3.63) is 51.1 Å². The molecular weight excluding hydrogens is 438 g/mol. The van der Waals surface area contributed by atoms with E-state index in [0.29, 0.717) is 26.4 Å². The number of sulfone groups is 1. The standard InChI is InChI=1S/C19H16ClNO6S2/c1-2-26-19(23)16-12-5-6-29(24,25)9-15(12)28-18(16)21-17(22)14-8-10-7-11(20)3-4-13(10)27-14/h3-4,7-8H,2,5-6,9H2,1H3,(H,21,22). The van der Waals surface area contributed by atoms with Gasteiger partial charge in [0, 0.05) is 15.3 Å². The van der Waals surface area contributed by atoms with Crippen molar-refractivity contribution in [2.45, 2.75) is 19.1 Å². The van der Waals surface area contributed by atoms with Crippen molar-refractivity contribution in [1.29, 1.82) is 0 Å². The first-order valence-electron chi connectivity index (χ1n) is 8.80. The SMILES string of the molecule is CCOC(=O)c1c(NC(=O)c2cc3cc(Cl)ccc3o2)sc2c1CCS(=O)(=O)C2. The first-order chi connectivity index (χ1) is 13.8. The molecule has 0 saturated carbocycles. The maximum absolute atomic E-state index is 12.7. The number of carbonyl (C=O) groups is 2. The van der Waals surface area contributed by atoms with Crippen LogP contribution in [0.2, 0.25) is 5.02 Å². The number of furan rings is 1. The molecule has 1 N–H and O–H groups in total. The lowest BCUT2D eigenvalue weighted by Gasteiger charge is -2.13. The van der Waals surface area contributed by atoms with Crippen LogP contribution in [0.25, 0.3) is 11.0 Å². The molecule has 1 aromatic carbocycles. The molecule has 3 heterocycles. The third-order valence-corrected chi connectivity index (χ3v) is 7.63. The zero-order valence-electron chi connectivity index (χ0n) is 15.3. The number of anilines is 1. The summed E-state index contributed by atoms with van der Waals surface area (Å²) in [7, 11) is -3.23. The minimum Gasteiger partial charge on any atom is -0.462 e. The summed E-state index contributed by atoms with van der Waals surface area (Å²) in [5, 5.41) is 4.13. The van der Waals surface area contributed by atoms with Crippen LogP contribution in [-0.4, -0.2) is 32.7 Å². The maximum atomic E-state index is 12.7. The van der Waals surface area contributed by atoms with Crippen LogP contribution in [0.15, 0.2) is 28.7 Å². The summed E-state index contributed by atoms with van der Waals surface area (Å²) < 4.78 is 34.6. The molecule has 2 aromatic heterocycles. The monoisotopic (exact) mass is 453 g/mol. The number of ether oxygens (including phenoxy) is 1. The third kappa shape index (κ3) is 3.90. The molecule has 0 radical (unpaired) electrons. The van der Waals surface area contributed by atoms with Crippen LogP contribution in [0.3, 0.4) is 0 Å². The highest BCUT2D eigenvalue weighted by Crippen LogP contribution is 2.38. The summed E-state index contributed by atoms with van der Waals surface area (Å²) in [5.74, 6) is -1.28. The number of benzene rings is 1. The minimum atomic E-state index is -3.23. The van der Waals surface area contributed by atoms with Crippen molar-refractivity contribution in [3.8, 4) is 0 Å². The van der Waals surface area contributed by atoms with E-state index in [0.717, 1.165) is 11.3 Å². The number of nitrogens with one attached hydrogen (secondary N) is 1. The van der Waals surface area contributed by atoms with Crippen LogP contribution in [0.1, 0.15) is 38.3 Å². The molecule has 29 heavy (non-hydrogen) atoms. The van der Waals surface area contributed by atoms with E-state index in [9.17, 15) is 18.0 Å². The molecule has 1 amide bonds. The second kappa shape index (κ2) is 7.47. The molecule has 0 bridgehead atoms. The number of hydrogen-bond donors (Lipinski definition) is 1. The van der Waals surface area contributed by atoms with Crippen LogP contribution >= 0.6 is 22.9 Å². The van der Waals surface area contributed by atoms with E-state index in [1.54, 1.807) is 31.2 Å². The molecule has 1 aliphatic rings. The van der Waals surface area contributed by atoms with E-state index in [-0.39, 0.29) is 40.9 Å². The molecule has 0 spiro atoms. The summed E-state index contributed by atoms with van der Waals surface area (Å²) >= 11 is 7.04. The van der Waals surface area contributed by atoms with Gasteiger partial charge in [0.1, 0.15) is 10.6 Å². The first-order valence-corrected chi connectivity index (χ1v) is 11.8. The molecule has 0 fully saturated rings. The summed E-state index contributed by atoms with van der Waals surface area (Å²) in [5.41, 5.74) is 1.34. The van der Waals surface area contributed by atoms with E-state index in [1.807, 2.05) is 0 Å². The van der Waals surface area contributed by atoms with Crippen molar-refractivity contribution < 1.29 is 27.2 Å². The lowest BCUT2D eigenvalue weighted by atomic mass is 10.1. The molecule has 1 aliphatic heterocycles. The lowest BCUT2D eigenvalue weighted by molar-refractivity contribution is 0.0527. The second-order valence-electron chi connectivity index (χ2n) is 6.52. The Morgan fingerprint density at radius 3 is 2.86 bits per heavy atom. The number of halogens is 1. The Labute approximate surface area is 175 Å². The van der Waals surface area contributed by atoms with Crippen molar-refractivity contribution >= 4 is 60.6 Å².